The predicted molar refractivity (Wildman–Crippen MR) is 93.4 cm³/mol. The molecule has 7 heteroatoms. The van der Waals surface area contributed by atoms with Gasteiger partial charge in [-0.15, -0.1) is 0 Å². The van der Waals surface area contributed by atoms with Gasteiger partial charge in [0, 0.05) is 12.1 Å². The van der Waals surface area contributed by atoms with Gasteiger partial charge in [0.2, 0.25) is 6.79 Å². The minimum absolute atomic E-state index is 0.142. The number of amides is 1. The highest BCUT2D eigenvalue weighted by Gasteiger charge is 2.20. The number of hydrogen-bond donors (Lipinski definition) is 1. The number of ether oxygens (including phenoxy) is 4. The van der Waals surface area contributed by atoms with E-state index in [9.17, 15) is 4.79 Å². The van der Waals surface area contributed by atoms with Gasteiger partial charge in [-0.25, -0.2) is 0 Å². The van der Waals surface area contributed by atoms with Gasteiger partial charge in [-0.05, 0) is 24.6 Å². The fourth-order valence-electron chi connectivity index (χ4n) is 2.31. The lowest BCUT2D eigenvalue weighted by Crippen LogP contribution is -2.27. The molecule has 0 radical (unpaired) electrons. The van der Waals surface area contributed by atoms with Crippen LogP contribution >= 0.6 is 11.6 Å². The van der Waals surface area contributed by atoms with E-state index in [0.717, 1.165) is 11.3 Å². The van der Waals surface area contributed by atoms with Crippen LogP contribution in [0.3, 0.4) is 0 Å². The van der Waals surface area contributed by atoms with Crippen molar-refractivity contribution in [1.82, 2.24) is 0 Å². The van der Waals surface area contributed by atoms with Gasteiger partial charge in [0.05, 0.1) is 24.4 Å². The van der Waals surface area contributed by atoms with Crippen molar-refractivity contribution >= 4 is 23.2 Å². The van der Waals surface area contributed by atoms with Crippen molar-refractivity contribution in [3.8, 4) is 17.2 Å². The second-order valence-corrected chi connectivity index (χ2v) is 5.89. The van der Waals surface area contributed by atoms with E-state index < -0.39 is 6.10 Å². The molecule has 3 rings (SSSR count). The molecule has 0 fully saturated rings. The fourth-order valence-corrected chi connectivity index (χ4v) is 2.51. The number of hydrogen-bond acceptors (Lipinski definition) is 5. The van der Waals surface area contributed by atoms with Crippen LogP contribution in [0.25, 0.3) is 0 Å². The summed E-state index contributed by atoms with van der Waals surface area (Å²) in [4.78, 5) is 12.3. The van der Waals surface area contributed by atoms with Crippen LogP contribution < -0.4 is 19.5 Å². The summed E-state index contributed by atoms with van der Waals surface area (Å²) in [5.74, 6) is 1.55. The molecule has 132 valence electrons. The lowest BCUT2D eigenvalue weighted by Gasteiger charge is -2.15. The van der Waals surface area contributed by atoms with E-state index in [1.54, 1.807) is 26.2 Å². The molecule has 0 aliphatic carbocycles. The van der Waals surface area contributed by atoms with Crippen LogP contribution in [0.2, 0.25) is 5.02 Å². The number of anilines is 1. The molecule has 0 spiro atoms. The van der Waals surface area contributed by atoms with Gasteiger partial charge in [-0.2, -0.15) is 0 Å². The van der Waals surface area contributed by atoms with Gasteiger partial charge in [0.25, 0.3) is 5.91 Å². The van der Waals surface area contributed by atoms with Crippen LogP contribution in [0.1, 0.15) is 12.5 Å². The first-order valence-electron chi connectivity index (χ1n) is 7.71. The summed E-state index contributed by atoms with van der Waals surface area (Å²) >= 11 is 6.16. The summed E-state index contributed by atoms with van der Waals surface area (Å²) in [6.45, 7) is 2.11. The number of carbonyl (C=O) groups excluding carboxylic acids is 1. The number of methoxy groups -OCH3 is 1. The molecule has 1 aliphatic heterocycles. The van der Waals surface area contributed by atoms with Crippen LogP contribution in [-0.2, 0) is 16.1 Å². The van der Waals surface area contributed by atoms with Crippen molar-refractivity contribution in [3.05, 3.63) is 47.0 Å². The molecular formula is C18H18ClNO5. The topological polar surface area (TPSA) is 66.0 Å². The highest BCUT2D eigenvalue weighted by atomic mass is 35.5. The largest absolute Gasteiger partial charge is 0.497 e. The summed E-state index contributed by atoms with van der Waals surface area (Å²) in [6.07, 6.45) is -0.660. The average molecular weight is 364 g/mol. The van der Waals surface area contributed by atoms with Crippen molar-refractivity contribution < 1.29 is 23.7 Å². The molecule has 2 aromatic rings. The first-order chi connectivity index (χ1) is 12.1. The lowest BCUT2D eigenvalue weighted by molar-refractivity contribution is -0.127. The fraction of sp³-hybridized carbons (Fsp3) is 0.278. The average Bonchev–Trinajstić information content (AvgIpc) is 3.07. The highest BCUT2D eigenvalue weighted by Crippen LogP contribution is 2.39. The van der Waals surface area contributed by atoms with Crippen LogP contribution in [0.5, 0.6) is 17.2 Å². The van der Waals surface area contributed by atoms with E-state index >= 15 is 0 Å². The Bertz CT molecular complexity index is 780. The third-order valence-corrected chi connectivity index (χ3v) is 4.04. The molecule has 1 aliphatic rings. The summed E-state index contributed by atoms with van der Waals surface area (Å²) in [5, 5.41) is 3.12. The molecule has 1 atom stereocenters. The maximum absolute atomic E-state index is 12.3. The number of carbonyl (C=O) groups is 1. The zero-order valence-electron chi connectivity index (χ0n) is 13.9. The zero-order valence-corrected chi connectivity index (χ0v) is 14.6. The van der Waals surface area contributed by atoms with Gasteiger partial charge in [0.1, 0.15) is 11.9 Å². The van der Waals surface area contributed by atoms with Gasteiger partial charge < -0.3 is 24.3 Å². The third kappa shape index (κ3) is 4.15. The third-order valence-electron chi connectivity index (χ3n) is 3.72. The van der Waals surface area contributed by atoms with Crippen molar-refractivity contribution in [1.29, 1.82) is 0 Å². The van der Waals surface area contributed by atoms with Gasteiger partial charge in [0.15, 0.2) is 11.5 Å². The summed E-state index contributed by atoms with van der Waals surface area (Å²) in [5.41, 5.74) is 1.37. The molecule has 0 saturated carbocycles. The van der Waals surface area contributed by atoms with Crippen molar-refractivity contribution in [3.63, 3.8) is 0 Å². The highest BCUT2D eigenvalue weighted by molar-refractivity contribution is 6.34. The van der Waals surface area contributed by atoms with Crippen molar-refractivity contribution in [2.24, 2.45) is 0 Å². The predicted octanol–water partition coefficient (Wildman–Crippen LogP) is 3.62. The summed E-state index contributed by atoms with van der Waals surface area (Å²) in [6, 6.07) is 10.7. The number of rotatable bonds is 6. The second-order valence-electron chi connectivity index (χ2n) is 5.48. The standard InChI is InChI=1S/C18H18ClNO5/c1-11(23-9-12-4-3-5-13(6-12)22-2)18(21)20-15-8-17-16(7-14(15)19)24-10-25-17/h3-8,11H,9-10H2,1-2H3,(H,20,21). The quantitative estimate of drug-likeness (QED) is 0.849. The molecule has 1 heterocycles. The monoisotopic (exact) mass is 363 g/mol. The Balaban J connectivity index is 1.59. The van der Waals surface area contributed by atoms with E-state index in [4.69, 9.17) is 30.5 Å². The van der Waals surface area contributed by atoms with Crippen molar-refractivity contribution in [2.45, 2.75) is 19.6 Å². The number of benzene rings is 2. The maximum atomic E-state index is 12.3. The Labute approximate surface area is 150 Å². The maximum Gasteiger partial charge on any atom is 0.253 e. The van der Waals surface area contributed by atoms with E-state index in [1.807, 2.05) is 24.3 Å². The number of nitrogens with one attached hydrogen (secondary N) is 1. The second kappa shape index (κ2) is 7.63. The van der Waals surface area contributed by atoms with E-state index in [1.165, 1.54) is 0 Å². The molecule has 6 nitrogen and oxygen atoms in total. The lowest BCUT2D eigenvalue weighted by atomic mass is 10.2. The van der Waals surface area contributed by atoms with E-state index in [2.05, 4.69) is 5.32 Å². The Kier molecular flexibility index (Phi) is 5.31. The minimum atomic E-state index is -0.660. The smallest absolute Gasteiger partial charge is 0.253 e. The van der Waals surface area contributed by atoms with E-state index in [-0.39, 0.29) is 12.7 Å². The first kappa shape index (κ1) is 17.4. The molecule has 0 saturated heterocycles. The minimum Gasteiger partial charge on any atom is -0.497 e. The Hall–Kier alpha value is -2.44. The molecule has 1 amide bonds. The van der Waals surface area contributed by atoms with Crippen LogP contribution in [-0.4, -0.2) is 25.9 Å². The number of halogens is 1. The summed E-state index contributed by atoms with van der Waals surface area (Å²) in [7, 11) is 1.60. The van der Waals surface area contributed by atoms with Gasteiger partial charge in [-0.3, -0.25) is 4.79 Å². The number of fused-ring (bicyclic) bond motifs is 1. The molecule has 1 unspecified atom stereocenters. The zero-order chi connectivity index (χ0) is 17.8. The molecule has 25 heavy (non-hydrogen) atoms. The van der Waals surface area contributed by atoms with Gasteiger partial charge in [-0.1, -0.05) is 23.7 Å². The van der Waals surface area contributed by atoms with Crippen LogP contribution in [0, 0.1) is 0 Å². The van der Waals surface area contributed by atoms with Crippen LogP contribution in [0.4, 0.5) is 5.69 Å². The van der Waals surface area contributed by atoms with Crippen LogP contribution in [0.15, 0.2) is 36.4 Å². The van der Waals surface area contributed by atoms with Gasteiger partial charge >= 0.3 is 0 Å². The Morgan fingerprint density at radius 2 is 2.04 bits per heavy atom. The molecular weight excluding hydrogens is 346 g/mol. The molecule has 0 aromatic heterocycles. The normalized spacial score (nSPS) is 13.4. The van der Waals surface area contributed by atoms with E-state index in [0.29, 0.717) is 28.8 Å². The van der Waals surface area contributed by atoms with Crippen molar-refractivity contribution in [2.75, 3.05) is 19.2 Å². The first-order valence-corrected chi connectivity index (χ1v) is 8.09. The molecule has 2 aromatic carbocycles. The summed E-state index contributed by atoms with van der Waals surface area (Å²) < 4.78 is 21.3. The molecule has 0 bridgehead atoms. The molecule has 1 N–H and O–H groups in total. The Morgan fingerprint density at radius 1 is 1.28 bits per heavy atom. The Morgan fingerprint density at radius 3 is 2.80 bits per heavy atom. The SMILES string of the molecule is COc1cccc(COC(C)C(=O)Nc2cc3c(cc2Cl)OCO3)c1.